The van der Waals surface area contributed by atoms with Crippen LogP contribution in [0.5, 0.6) is 0 Å². The standard InChI is InChI=1S/C16H14N4/c17-14-15(12-7-3-1-4-8-12)18-11-19-16(14)20-13-9-5-2-6-10-13/h1-11H,17H2,(H,18,19,20). The third kappa shape index (κ3) is 2.44. The second kappa shape index (κ2) is 5.40. The fourth-order valence-corrected chi connectivity index (χ4v) is 1.98. The van der Waals surface area contributed by atoms with E-state index in [-0.39, 0.29) is 0 Å². The van der Waals surface area contributed by atoms with Crippen molar-refractivity contribution in [1.82, 2.24) is 9.97 Å². The van der Waals surface area contributed by atoms with Gasteiger partial charge in [0.05, 0.1) is 5.69 Å². The third-order valence-corrected chi connectivity index (χ3v) is 2.97. The van der Waals surface area contributed by atoms with Crippen LogP contribution in [0, 0.1) is 0 Å². The summed E-state index contributed by atoms with van der Waals surface area (Å²) in [4.78, 5) is 8.49. The van der Waals surface area contributed by atoms with Crippen LogP contribution in [-0.2, 0) is 0 Å². The number of nitrogen functional groups attached to an aromatic ring is 1. The summed E-state index contributed by atoms with van der Waals surface area (Å²) in [7, 11) is 0. The number of nitrogens with one attached hydrogen (secondary N) is 1. The Bertz CT molecular complexity index is 696. The highest BCUT2D eigenvalue weighted by Crippen LogP contribution is 2.29. The highest BCUT2D eigenvalue weighted by atomic mass is 15.0. The summed E-state index contributed by atoms with van der Waals surface area (Å²) in [5.41, 5.74) is 9.37. The lowest BCUT2D eigenvalue weighted by atomic mass is 10.1. The van der Waals surface area contributed by atoms with Gasteiger partial charge in [-0.2, -0.15) is 0 Å². The van der Waals surface area contributed by atoms with E-state index in [0.29, 0.717) is 11.5 Å². The topological polar surface area (TPSA) is 63.8 Å². The first-order chi connectivity index (χ1) is 9.84. The molecule has 0 bridgehead atoms. The van der Waals surface area contributed by atoms with Crippen molar-refractivity contribution in [3.05, 3.63) is 67.0 Å². The van der Waals surface area contributed by atoms with E-state index in [1.165, 1.54) is 6.33 Å². The number of hydrogen-bond donors (Lipinski definition) is 2. The summed E-state index contributed by atoms with van der Waals surface area (Å²) in [5, 5.41) is 3.21. The predicted octanol–water partition coefficient (Wildman–Crippen LogP) is 3.47. The smallest absolute Gasteiger partial charge is 0.157 e. The van der Waals surface area contributed by atoms with Gasteiger partial charge in [0.15, 0.2) is 5.82 Å². The molecule has 20 heavy (non-hydrogen) atoms. The van der Waals surface area contributed by atoms with Crippen LogP contribution in [-0.4, -0.2) is 9.97 Å². The molecule has 0 fully saturated rings. The molecule has 2 aromatic carbocycles. The van der Waals surface area contributed by atoms with Gasteiger partial charge in [-0.05, 0) is 12.1 Å². The van der Waals surface area contributed by atoms with Gasteiger partial charge < -0.3 is 11.1 Å². The summed E-state index contributed by atoms with van der Waals surface area (Å²) >= 11 is 0. The molecule has 0 atom stereocenters. The molecule has 0 aliphatic carbocycles. The lowest BCUT2D eigenvalue weighted by molar-refractivity contribution is 1.18. The Balaban J connectivity index is 1.98. The normalized spacial score (nSPS) is 10.2. The lowest BCUT2D eigenvalue weighted by Gasteiger charge is -2.11. The number of hydrogen-bond acceptors (Lipinski definition) is 4. The number of nitrogens with two attached hydrogens (primary N) is 1. The van der Waals surface area contributed by atoms with Crippen molar-refractivity contribution < 1.29 is 0 Å². The summed E-state index contributed by atoms with van der Waals surface area (Å²) in [5.74, 6) is 0.616. The van der Waals surface area contributed by atoms with Crippen LogP contribution >= 0.6 is 0 Å². The molecule has 3 N–H and O–H groups in total. The molecule has 0 radical (unpaired) electrons. The summed E-state index contributed by atoms with van der Waals surface area (Å²) in [6.45, 7) is 0. The van der Waals surface area contributed by atoms with E-state index in [9.17, 15) is 0 Å². The molecule has 1 heterocycles. The number of nitrogens with zero attached hydrogens (tertiary/aromatic N) is 2. The minimum atomic E-state index is 0.544. The van der Waals surface area contributed by atoms with Crippen molar-refractivity contribution in [2.75, 3.05) is 11.1 Å². The number of benzene rings is 2. The van der Waals surface area contributed by atoms with Gasteiger partial charge >= 0.3 is 0 Å². The molecular formula is C16H14N4. The van der Waals surface area contributed by atoms with Crippen molar-refractivity contribution in [3.8, 4) is 11.3 Å². The van der Waals surface area contributed by atoms with Crippen LogP contribution < -0.4 is 11.1 Å². The highest BCUT2D eigenvalue weighted by Gasteiger charge is 2.09. The van der Waals surface area contributed by atoms with E-state index in [2.05, 4.69) is 15.3 Å². The van der Waals surface area contributed by atoms with E-state index >= 15 is 0 Å². The molecule has 0 amide bonds. The zero-order valence-electron chi connectivity index (χ0n) is 10.8. The van der Waals surface area contributed by atoms with Crippen LogP contribution in [0.1, 0.15) is 0 Å². The van der Waals surface area contributed by atoms with E-state index in [4.69, 9.17) is 5.73 Å². The quantitative estimate of drug-likeness (QED) is 0.758. The number of aromatic nitrogens is 2. The fraction of sp³-hybridized carbons (Fsp3) is 0. The minimum Gasteiger partial charge on any atom is -0.394 e. The summed E-state index contributed by atoms with van der Waals surface area (Å²) < 4.78 is 0. The number of para-hydroxylation sites is 1. The fourth-order valence-electron chi connectivity index (χ4n) is 1.98. The van der Waals surface area contributed by atoms with Crippen LogP contribution in [0.4, 0.5) is 17.2 Å². The van der Waals surface area contributed by atoms with Crippen LogP contribution in [0.25, 0.3) is 11.3 Å². The van der Waals surface area contributed by atoms with Gasteiger partial charge in [-0.15, -0.1) is 0 Å². The van der Waals surface area contributed by atoms with Crippen LogP contribution in [0.2, 0.25) is 0 Å². The van der Waals surface area contributed by atoms with Crippen molar-refractivity contribution in [1.29, 1.82) is 0 Å². The minimum absolute atomic E-state index is 0.544. The molecule has 0 saturated heterocycles. The zero-order valence-corrected chi connectivity index (χ0v) is 10.8. The Morgan fingerprint density at radius 3 is 2.15 bits per heavy atom. The zero-order chi connectivity index (χ0) is 13.8. The van der Waals surface area contributed by atoms with E-state index in [1.54, 1.807) is 0 Å². The van der Waals surface area contributed by atoms with Crippen LogP contribution in [0.15, 0.2) is 67.0 Å². The van der Waals surface area contributed by atoms with Crippen molar-refractivity contribution in [2.45, 2.75) is 0 Å². The molecule has 0 unspecified atom stereocenters. The van der Waals surface area contributed by atoms with Gasteiger partial charge in [0.2, 0.25) is 0 Å². The second-order valence-electron chi connectivity index (χ2n) is 4.34. The molecule has 3 rings (SSSR count). The highest BCUT2D eigenvalue weighted by molar-refractivity contribution is 5.82. The van der Waals surface area contributed by atoms with Gasteiger partial charge in [0.25, 0.3) is 0 Å². The molecule has 0 spiro atoms. The SMILES string of the molecule is Nc1c(Nc2ccccc2)ncnc1-c1ccccc1. The first-order valence-electron chi connectivity index (χ1n) is 6.32. The maximum Gasteiger partial charge on any atom is 0.157 e. The Labute approximate surface area is 117 Å². The lowest BCUT2D eigenvalue weighted by Crippen LogP contribution is -2.02. The molecule has 3 aromatic rings. The summed E-state index contributed by atoms with van der Waals surface area (Å²) in [6.07, 6.45) is 1.52. The van der Waals surface area contributed by atoms with Crippen molar-refractivity contribution in [2.24, 2.45) is 0 Å². The average Bonchev–Trinajstić information content (AvgIpc) is 2.51. The molecule has 4 heteroatoms. The van der Waals surface area contributed by atoms with Gasteiger partial charge in [0.1, 0.15) is 12.0 Å². The molecule has 4 nitrogen and oxygen atoms in total. The largest absolute Gasteiger partial charge is 0.394 e. The monoisotopic (exact) mass is 262 g/mol. The molecule has 1 aromatic heterocycles. The first kappa shape index (κ1) is 12.2. The molecular weight excluding hydrogens is 248 g/mol. The van der Waals surface area contributed by atoms with Gasteiger partial charge in [-0.25, -0.2) is 9.97 Å². The van der Waals surface area contributed by atoms with Gasteiger partial charge in [-0.1, -0.05) is 48.5 Å². The van der Waals surface area contributed by atoms with Crippen LogP contribution in [0.3, 0.4) is 0 Å². The average molecular weight is 262 g/mol. The Hall–Kier alpha value is -2.88. The second-order valence-corrected chi connectivity index (χ2v) is 4.34. The first-order valence-corrected chi connectivity index (χ1v) is 6.32. The predicted molar refractivity (Wildman–Crippen MR) is 81.6 cm³/mol. The Morgan fingerprint density at radius 2 is 1.45 bits per heavy atom. The van der Waals surface area contributed by atoms with Gasteiger partial charge in [0, 0.05) is 11.3 Å². The maximum atomic E-state index is 6.18. The van der Waals surface area contributed by atoms with Crippen molar-refractivity contribution >= 4 is 17.2 Å². The van der Waals surface area contributed by atoms with E-state index < -0.39 is 0 Å². The Morgan fingerprint density at radius 1 is 0.800 bits per heavy atom. The molecule has 0 aliphatic heterocycles. The maximum absolute atomic E-state index is 6.18. The number of rotatable bonds is 3. The third-order valence-electron chi connectivity index (χ3n) is 2.97. The van der Waals surface area contributed by atoms with E-state index in [0.717, 1.165) is 16.9 Å². The van der Waals surface area contributed by atoms with Crippen molar-refractivity contribution in [3.63, 3.8) is 0 Å². The molecule has 98 valence electrons. The van der Waals surface area contributed by atoms with Gasteiger partial charge in [-0.3, -0.25) is 0 Å². The Kier molecular flexibility index (Phi) is 3.29. The van der Waals surface area contributed by atoms with E-state index in [1.807, 2.05) is 60.7 Å². The molecule has 0 saturated carbocycles. The molecule has 0 aliphatic rings. The summed E-state index contributed by atoms with van der Waals surface area (Å²) in [6, 6.07) is 19.6. The number of anilines is 3.